The van der Waals surface area contributed by atoms with Crippen molar-refractivity contribution >= 4 is 23.4 Å². The number of amides is 1. The molecule has 0 atom stereocenters. The van der Waals surface area contributed by atoms with E-state index in [0.29, 0.717) is 10.7 Å². The molecule has 0 N–H and O–H groups in total. The molecule has 0 aliphatic heterocycles. The summed E-state index contributed by atoms with van der Waals surface area (Å²) >= 11 is 1.20. The Labute approximate surface area is 152 Å². The summed E-state index contributed by atoms with van der Waals surface area (Å²) in [5.74, 6) is -1.85. The Hall–Kier alpha value is -2.67. The predicted octanol–water partition coefficient (Wildman–Crippen LogP) is 5.02. The second-order valence-corrected chi connectivity index (χ2v) is 6.45. The Morgan fingerprint density at radius 3 is 2.38 bits per heavy atom. The van der Waals surface area contributed by atoms with Crippen molar-refractivity contribution in [3.8, 4) is 0 Å². The maximum Gasteiger partial charge on any atom is 0.237 e. The van der Waals surface area contributed by atoms with Gasteiger partial charge in [0.15, 0.2) is 0 Å². The van der Waals surface area contributed by atoms with Crippen LogP contribution in [-0.4, -0.2) is 11.7 Å². The molecule has 0 saturated carbocycles. The van der Waals surface area contributed by atoms with Crippen LogP contribution in [0.2, 0.25) is 0 Å². The van der Waals surface area contributed by atoms with Crippen molar-refractivity contribution in [3.63, 3.8) is 0 Å². The maximum absolute atomic E-state index is 14.2. The molecule has 0 aliphatic carbocycles. The highest BCUT2D eigenvalue weighted by Gasteiger charge is 2.21. The van der Waals surface area contributed by atoms with Gasteiger partial charge in [-0.15, -0.1) is 11.8 Å². The molecule has 0 unspecified atom stereocenters. The van der Waals surface area contributed by atoms with E-state index in [9.17, 15) is 18.0 Å². The second kappa shape index (κ2) is 8.14. The van der Waals surface area contributed by atoms with Crippen LogP contribution in [0.1, 0.15) is 5.76 Å². The van der Waals surface area contributed by atoms with E-state index in [1.54, 1.807) is 24.3 Å². The summed E-state index contributed by atoms with van der Waals surface area (Å²) in [7, 11) is 0. The Morgan fingerprint density at radius 1 is 1.00 bits per heavy atom. The second-order valence-electron chi connectivity index (χ2n) is 5.40. The number of carbonyl (C=O) groups excluding carboxylic acids is 1. The maximum atomic E-state index is 14.2. The van der Waals surface area contributed by atoms with Crippen molar-refractivity contribution in [2.75, 3.05) is 10.7 Å². The molecule has 2 aromatic carbocycles. The Bertz CT molecular complexity index is 882. The lowest BCUT2D eigenvalue weighted by Gasteiger charge is -2.22. The summed E-state index contributed by atoms with van der Waals surface area (Å²) in [5, 5.41) is 0. The number of nitrogens with zero attached hydrogens (tertiary/aromatic N) is 1. The van der Waals surface area contributed by atoms with Crippen molar-refractivity contribution < 1.29 is 22.4 Å². The number of furan rings is 1. The average Bonchev–Trinajstić information content (AvgIpc) is 3.13. The number of benzene rings is 2. The Morgan fingerprint density at radius 2 is 1.73 bits per heavy atom. The van der Waals surface area contributed by atoms with Crippen LogP contribution >= 0.6 is 11.8 Å². The lowest BCUT2D eigenvalue weighted by atomic mass is 10.2. The zero-order valence-corrected chi connectivity index (χ0v) is 14.3. The topological polar surface area (TPSA) is 33.5 Å². The third-order valence-corrected chi connectivity index (χ3v) is 4.57. The first-order valence-electron chi connectivity index (χ1n) is 7.69. The number of thioether (sulfide) groups is 1. The van der Waals surface area contributed by atoms with E-state index < -0.39 is 11.6 Å². The van der Waals surface area contributed by atoms with E-state index >= 15 is 0 Å². The molecule has 0 spiro atoms. The molecule has 0 radical (unpaired) electrons. The fourth-order valence-electron chi connectivity index (χ4n) is 2.32. The fourth-order valence-corrected chi connectivity index (χ4v) is 3.09. The number of halogens is 3. The average molecular weight is 377 g/mol. The van der Waals surface area contributed by atoms with Crippen molar-refractivity contribution in [1.29, 1.82) is 0 Å². The lowest BCUT2D eigenvalue weighted by Crippen LogP contribution is -2.32. The highest BCUT2D eigenvalue weighted by molar-refractivity contribution is 8.00. The van der Waals surface area contributed by atoms with Crippen molar-refractivity contribution in [2.24, 2.45) is 0 Å². The van der Waals surface area contributed by atoms with E-state index in [4.69, 9.17) is 4.42 Å². The van der Waals surface area contributed by atoms with Gasteiger partial charge >= 0.3 is 0 Å². The van der Waals surface area contributed by atoms with Gasteiger partial charge in [0.1, 0.15) is 23.2 Å². The van der Waals surface area contributed by atoms with Gasteiger partial charge in [0.25, 0.3) is 0 Å². The SMILES string of the molecule is O=C(CSc1ccc(F)cc1)N(Cc1ccco1)c1ccc(F)cc1F. The van der Waals surface area contributed by atoms with E-state index in [-0.39, 0.29) is 29.7 Å². The van der Waals surface area contributed by atoms with Crippen LogP contribution in [0.15, 0.2) is 70.2 Å². The van der Waals surface area contributed by atoms with E-state index in [2.05, 4.69) is 0 Å². The van der Waals surface area contributed by atoms with Crippen LogP contribution in [-0.2, 0) is 11.3 Å². The molecule has 0 saturated heterocycles. The van der Waals surface area contributed by atoms with Gasteiger partial charge in [-0.2, -0.15) is 0 Å². The molecule has 0 bridgehead atoms. The van der Waals surface area contributed by atoms with Crippen LogP contribution in [0.3, 0.4) is 0 Å². The minimum absolute atomic E-state index is 0.00313. The monoisotopic (exact) mass is 377 g/mol. The molecular formula is C19H14F3NO2S. The summed E-state index contributed by atoms with van der Waals surface area (Å²) in [4.78, 5) is 14.6. The molecule has 1 aromatic heterocycles. The molecule has 3 nitrogen and oxygen atoms in total. The van der Waals surface area contributed by atoms with Gasteiger partial charge in [0.2, 0.25) is 5.91 Å². The molecule has 1 amide bonds. The molecule has 134 valence electrons. The summed E-state index contributed by atoms with van der Waals surface area (Å²) in [5.41, 5.74) is -0.0347. The van der Waals surface area contributed by atoms with Crippen molar-refractivity contribution in [2.45, 2.75) is 11.4 Å². The molecule has 0 fully saturated rings. The smallest absolute Gasteiger partial charge is 0.237 e. The third kappa shape index (κ3) is 4.49. The first kappa shape index (κ1) is 18.1. The number of carbonyl (C=O) groups is 1. The van der Waals surface area contributed by atoms with Crippen LogP contribution in [0.5, 0.6) is 0 Å². The first-order chi connectivity index (χ1) is 12.5. The molecule has 3 aromatic rings. The lowest BCUT2D eigenvalue weighted by molar-refractivity contribution is -0.116. The van der Waals surface area contributed by atoms with Gasteiger partial charge in [-0.25, -0.2) is 13.2 Å². The van der Waals surface area contributed by atoms with E-state index in [0.717, 1.165) is 12.1 Å². The highest BCUT2D eigenvalue weighted by atomic mass is 32.2. The van der Waals surface area contributed by atoms with Crippen LogP contribution < -0.4 is 4.90 Å². The Kier molecular flexibility index (Phi) is 5.68. The molecule has 1 heterocycles. The number of hydrogen-bond acceptors (Lipinski definition) is 3. The quantitative estimate of drug-likeness (QED) is 0.566. The number of anilines is 1. The fraction of sp³-hybridized carbons (Fsp3) is 0.105. The molecule has 26 heavy (non-hydrogen) atoms. The minimum Gasteiger partial charge on any atom is -0.467 e. The summed E-state index contributed by atoms with van der Waals surface area (Å²) in [6.45, 7) is 0.0123. The molecule has 0 aliphatic rings. The summed E-state index contributed by atoms with van der Waals surface area (Å²) in [6, 6.07) is 12.1. The van der Waals surface area contributed by atoms with Gasteiger partial charge in [-0.3, -0.25) is 4.79 Å². The summed E-state index contributed by atoms with van der Waals surface area (Å²) in [6.07, 6.45) is 1.45. The van der Waals surface area contributed by atoms with Gasteiger partial charge in [0.05, 0.1) is 24.2 Å². The van der Waals surface area contributed by atoms with Gasteiger partial charge < -0.3 is 9.32 Å². The molecular weight excluding hydrogens is 363 g/mol. The normalized spacial score (nSPS) is 10.7. The van der Waals surface area contributed by atoms with Gasteiger partial charge in [0, 0.05) is 11.0 Å². The van der Waals surface area contributed by atoms with E-state index in [1.807, 2.05) is 0 Å². The highest BCUT2D eigenvalue weighted by Crippen LogP contribution is 2.25. The molecule has 7 heteroatoms. The van der Waals surface area contributed by atoms with Crippen LogP contribution in [0.25, 0.3) is 0 Å². The zero-order chi connectivity index (χ0) is 18.5. The largest absolute Gasteiger partial charge is 0.467 e. The van der Waals surface area contributed by atoms with Crippen molar-refractivity contribution in [1.82, 2.24) is 0 Å². The van der Waals surface area contributed by atoms with E-state index in [1.165, 1.54) is 41.1 Å². The van der Waals surface area contributed by atoms with Crippen LogP contribution in [0.4, 0.5) is 18.9 Å². The van der Waals surface area contributed by atoms with Crippen molar-refractivity contribution in [3.05, 3.63) is 84.1 Å². The van der Waals surface area contributed by atoms with Gasteiger partial charge in [-0.05, 0) is 48.5 Å². The minimum atomic E-state index is -0.836. The third-order valence-electron chi connectivity index (χ3n) is 3.57. The Balaban J connectivity index is 1.79. The number of hydrogen-bond donors (Lipinski definition) is 0. The summed E-state index contributed by atoms with van der Waals surface area (Å²) < 4.78 is 45.6. The van der Waals surface area contributed by atoms with Gasteiger partial charge in [-0.1, -0.05) is 0 Å². The standard InChI is InChI=1S/C19H14F3NO2S/c20-13-3-6-16(7-4-13)26-12-19(24)23(11-15-2-1-9-25-15)18-8-5-14(21)10-17(18)22/h1-10H,11-12H2. The number of rotatable bonds is 6. The van der Waals surface area contributed by atoms with Crippen LogP contribution in [0, 0.1) is 17.5 Å². The zero-order valence-electron chi connectivity index (χ0n) is 13.5. The predicted molar refractivity (Wildman–Crippen MR) is 93.4 cm³/mol. The first-order valence-corrected chi connectivity index (χ1v) is 8.67. The molecule has 3 rings (SSSR count).